The third-order valence-electron chi connectivity index (χ3n) is 2.33. The van der Waals surface area contributed by atoms with Crippen LogP contribution in [-0.2, 0) is 20.1 Å². The van der Waals surface area contributed by atoms with E-state index in [-0.39, 0.29) is 0 Å². The zero-order chi connectivity index (χ0) is 11.4. The summed E-state index contributed by atoms with van der Waals surface area (Å²) in [5.74, 6) is 0. The molecule has 1 N–H and O–H groups in total. The second-order valence-electron chi connectivity index (χ2n) is 3.83. The summed E-state index contributed by atoms with van der Waals surface area (Å²) in [6, 6.07) is 2.00. The largest absolute Gasteiger partial charge is 0.377 e. The minimum absolute atomic E-state index is 0.735. The van der Waals surface area contributed by atoms with Crippen LogP contribution in [0.15, 0.2) is 24.7 Å². The van der Waals surface area contributed by atoms with Crippen LogP contribution >= 0.6 is 0 Å². The standard InChI is InChI=1S/C11H17N5/c1-3-5-16-9-11(8-13-16)12-7-10-4-6-15(2)14-10/h4,6,8-9,12H,3,5,7H2,1-2H3. The molecule has 2 rings (SSSR count). The van der Waals surface area contributed by atoms with Crippen LogP contribution in [0.25, 0.3) is 0 Å². The van der Waals surface area contributed by atoms with Gasteiger partial charge in [-0.15, -0.1) is 0 Å². The van der Waals surface area contributed by atoms with E-state index in [0.29, 0.717) is 0 Å². The van der Waals surface area contributed by atoms with Gasteiger partial charge in [-0.2, -0.15) is 10.2 Å². The van der Waals surface area contributed by atoms with Crippen molar-refractivity contribution >= 4 is 5.69 Å². The van der Waals surface area contributed by atoms with Crippen LogP contribution in [0.5, 0.6) is 0 Å². The van der Waals surface area contributed by atoms with E-state index in [1.807, 2.05) is 36.4 Å². The number of nitrogens with zero attached hydrogens (tertiary/aromatic N) is 4. The smallest absolute Gasteiger partial charge is 0.0815 e. The van der Waals surface area contributed by atoms with E-state index in [1.165, 1.54) is 0 Å². The molecule has 16 heavy (non-hydrogen) atoms. The van der Waals surface area contributed by atoms with Gasteiger partial charge in [-0.3, -0.25) is 9.36 Å². The number of anilines is 1. The lowest BCUT2D eigenvalue weighted by Crippen LogP contribution is -2.00. The third kappa shape index (κ3) is 2.62. The molecule has 0 saturated heterocycles. The van der Waals surface area contributed by atoms with Gasteiger partial charge in [0.1, 0.15) is 0 Å². The summed E-state index contributed by atoms with van der Waals surface area (Å²) in [4.78, 5) is 0. The third-order valence-corrected chi connectivity index (χ3v) is 2.33. The zero-order valence-electron chi connectivity index (χ0n) is 9.72. The van der Waals surface area contributed by atoms with Crippen LogP contribution in [-0.4, -0.2) is 19.6 Å². The Hall–Kier alpha value is -1.78. The Bertz CT molecular complexity index is 443. The van der Waals surface area contributed by atoms with E-state index in [2.05, 4.69) is 22.4 Å². The molecule has 0 atom stereocenters. The average Bonchev–Trinajstić information content (AvgIpc) is 2.85. The van der Waals surface area contributed by atoms with Crippen molar-refractivity contribution in [3.8, 4) is 0 Å². The van der Waals surface area contributed by atoms with E-state index in [0.717, 1.165) is 30.9 Å². The Kier molecular flexibility index (Phi) is 3.24. The fraction of sp³-hybridized carbons (Fsp3) is 0.455. The second-order valence-corrected chi connectivity index (χ2v) is 3.83. The van der Waals surface area contributed by atoms with Crippen molar-refractivity contribution in [3.05, 3.63) is 30.4 Å². The van der Waals surface area contributed by atoms with Gasteiger partial charge >= 0.3 is 0 Å². The molecule has 0 aliphatic carbocycles. The summed E-state index contributed by atoms with van der Waals surface area (Å²) in [6.07, 6.45) is 6.91. The lowest BCUT2D eigenvalue weighted by atomic mass is 10.4. The van der Waals surface area contributed by atoms with Crippen molar-refractivity contribution in [3.63, 3.8) is 0 Å². The molecule has 2 heterocycles. The van der Waals surface area contributed by atoms with Gasteiger partial charge in [0, 0.05) is 26.0 Å². The van der Waals surface area contributed by atoms with Crippen LogP contribution in [0, 0.1) is 0 Å². The molecule has 0 radical (unpaired) electrons. The Labute approximate surface area is 95.1 Å². The molecule has 0 amide bonds. The molecule has 0 unspecified atom stereocenters. The van der Waals surface area contributed by atoms with E-state index in [9.17, 15) is 0 Å². The first-order valence-electron chi connectivity index (χ1n) is 5.53. The lowest BCUT2D eigenvalue weighted by Gasteiger charge is -1.99. The summed E-state index contributed by atoms with van der Waals surface area (Å²) in [6.45, 7) is 3.84. The van der Waals surface area contributed by atoms with Gasteiger partial charge in [-0.25, -0.2) is 0 Å². The molecule has 0 saturated carbocycles. The molecule has 0 bridgehead atoms. The van der Waals surface area contributed by atoms with Gasteiger partial charge in [0.25, 0.3) is 0 Å². The predicted octanol–water partition coefficient (Wildman–Crippen LogP) is 1.64. The highest BCUT2D eigenvalue weighted by atomic mass is 15.3. The Balaban J connectivity index is 1.89. The molecule has 5 heteroatoms. The average molecular weight is 219 g/mol. The van der Waals surface area contributed by atoms with Gasteiger partial charge in [0.05, 0.1) is 24.1 Å². The Morgan fingerprint density at radius 3 is 3.00 bits per heavy atom. The summed E-state index contributed by atoms with van der Waals surface area (Å²) >= 11 is 0. The Morgan fingerprint density at radius 1 is 1.44 bits per heavy atom. The summed E-state index contributed by atoms with van der Waals surface area (Å²) < 4.78 is 3.75. The molecule has 0 aliphatic heterocycles. The molecule has 86 valence electrons. The summed E-state index contributed by atoms with van der Waals surface area (Å²) in [5, 5.41) is 11.8. The van der Waals surface area contributed by atoms with E-state index >= 15 is 0 Å². The van der Waals surface area contributed by atoms with Crippen LogP contribution in [0.2, 0.25) is 0 Å². The topological polar surface area (TPSA) is 47.7 Å². The van der Waals surface area contributed by atoms with Gasteiger partial charge in [-0.05, 0) is 12.5 Å². The molecule has 2 aromatic heterocycles. The van der Waals surface area contributed by atoms with Crippen molar-refractivity contribution in [1.82, 2.24) is 19.6 Å². The molecular formula is C11H17N5. The van der Waals surface area contributed by atoms with Gasteiger partial charge < -0.3 is 5.32 Å². The van der Waals surface area contributed by atoms with Crippen molar-refractivity contribution in [1.29, 1.82) is 0 Å². The van der Waals surface area contributed by atoms with Crippen LogP contribution in [0.4, 0.5) is 5.69 Å². The van der Waals surface area contributed by atoms with E-state index in [1.54, 1.807) is 4.68 Å². The quantitative estimate of drug-likeness (QED) is 0.831. The highest BCUT2D eigenvalue weighted by Gasteiger charge is 1.99. The minimum atomic E-state index is 0.735. The number of rotatable bonds is 5. The molecular weight excluding hydrogens is 202 g/mol. The number of aryl methyl sites for hydroxylation is 2. The van der Waals surface area contributed by atoms with Gasteiger partial charge in [-0.1, -0.05) is 6.92 Å². The molecule has 0 aromatic carbocycles. The van der Waals surface area contributed by atoms with E-state index in [4.69, 9.17) is 0 Å². The maximum absolute atomic E-state index is 4.30. The number of aromatic nitrogens is 4. The second kappa shape index (κ2) is 4.83. The summed E-state index contributed by atoms with van der Waals surface area (Å²) in [7, 11) is 1.92. The Morgan fingerprint density at radius 2 is 2.31 bits per heavy atom. The highest BCUT2D eigenvalue weighted by molar-refractivity contribution is 5.38. The SMILES string of the molecule is CCCn1cc(NCc2ccn(C)n2)cn1. The van der Waals surface area contributed by atoms with Crippen LogP contribution < -0.4 is 5.32 Å². The summed E-state index contributed by atoms with van der Waals surface area (Å²) in [5.41, 5.74) is 2.07. The predicted molar refractivity (Wildman–Crippen MR) is 63.1 cm³/mol. The first-order chi connectivity index (χ1) is 7.78. The van der Waals surface area contributed by atoms with Crippen molar-refractivity contribution < 1.29 is 0 Å². The number of nitrogens with one attached hydrogen (secondary N) is 1. The zero-order valence-corrected chi connectivity index (χ0v) is 9.72. The van der Waals surface area contributed by atoms with Crippen LogP contribution in [0.1, 0.15) is 19.0 Å². The molecule has 2 aromatic rings. The first-order valence-corrected chi connectivity index (χ1v) is 5.53. The van der Waals surface area contributed by atoms with E-state index < -0.39 is 0 Å². The fourth-order valence-corrected chi connectivity index (χ4v) is 1.56. The number of hydrogen-bond donors (Lipinski definition) is 1. The molecule has 0 spiro atoms. The van der Waals surface area contributed by atoms with Crippen molar-refractivity contribution in [2.24, 2.45) is 7.05 Å². The van der Waals surface area contributed by atoms with Gasteiger partial charge in [0.15, 0.2) is 0 Å². The fourth-order valence-electron chi connectivity index (χ4n) is 1.56. The van der Waals surface area contributed by atoms with Crippen molar-refractivity contribution in [2.75, 3.05) is 5.32 Å². The maximum Gasteiger partial charge on any atom is 0.0815 e. The molecule has 0 aliphatic rings. The normalized spacial score (nSPS) is 10.6. The van der Waals surface area contributed by atoms with Gasteiger partial charge in [0.2, 0.25) is 0 Å². The number of hydrogen-bond acceptors (Lipinski definition) is 3. The van der Waals surface area contributed by atoms with Crippen LogP contribution in [0.3, 0.4) is 0 Å². The highest BCUT2D eigenvalue weighted by Crippen LogP contribution is 2.07. The minimum Gasteiger partial charge on any atom is -0.377 e. The lowest BCUT2D eigenvalue weighted by molar-refractivity contribution is 0.603. The maximum atomic E-state index is 4.30. The van der Waals surface area contributed by atoms with Crippen molar-refractivity contribution in [2.45, 2.75) is 26.4 Å². The monoisotopic (exact) mass is 219 g/mol. The molecule has 0 fully saturated rings. The first kappa shape index (κ1) is 10.7. The molecule has 5 nitrogen and oxygen atoms in total.